The highest BCUT2D eigenvalue weighted by molar-refractivity contribution is 5.96. The van der Waals surface area contributed by atoms with Crippen LogP contribution in [-0.4, -0.2) is 20.7 Å². The third kappa shape index (κ3) is 4.80. The number of rotatable bonds is 6. The number of hydrogen-bond acceptors (Lipinski definition) is 4. The Morgan fingerprint density at radius 1 is 1.12 bits per heavy atom. The van der Waals surface area contributed by atoms with Crippen LogP contribution < -0.4 is 10.1 Å². The van der Waals surface area contributed by atoms with E-state index < -0.39 is 11.6 Å². The summed E-state index contributed by atoms with van der Waals surface area (Å²) in [5.74, 6) is -0.677. The maximum absolute atomic E-state index is 13.4. The first-order valence-corrected chi connectivity index (χ1v) is 9.85. The SMILES string of the molecule is Cc1c(Oc2ccnc(-c3cnn(C)c3)c2)cccc1C(=O)NCc1cc(F)cc(F)c1. The minimum absolute atomic E-state index is 0.00311. The van der Waals surface area contributed by atoms with Crippen LogP contribution in [0.4, 0.5) is 8.78 Å². The number of carbonyl (C=O) groups excluding carboxylic acids is 1. The van der Waals surface area contributed by atoms with Crippen molar-refractivity contribution in [3.8, 4) is 22.8 Å². The van der Waals surface area contributed by atoms with E-state index in [-0.39, 0.29) is 12.5 Å². The lowest BCUT2D eigenvalue weighted by Crippen LogP contribution is -2.23. The molecule has 6 nitrogen and oxygen atoms in total. The fraction of sp³-hybridized carbons (Fsp3) is 0.125. The molecular weight excluding hydrogens is 414 g/mol. The minimum atomic E-state index is -0.691. The molecule has 1 amide bonds. The monoisotopic (exact) mass is 434 g/mol. The van der Waals surface area contributed by atoms with Crippen LogP contribution >= 0.6 is 0 Å². The Morgan fingerprint density at radius 2 is 1.91 bits per heavy atom. The largest absolute Gasteiger partial charge is 0.457 e. The molecule has 0 aliphatic rings. The second-order valence-corrected chi connectivity index (χ2v) is 7.27. The number of aromatic nitrogens is 3. The van der Waals surface area contributed by atoms with Gasteiger partial charge in [-0.15, -0.1) is 0 Å². The van der Waals surface area contributed by atoms with Crippen molar-refractivity contribution in [3.05, 3.63) is 95.4 Å². The Labute approximate surface area is 183 Å². The number of amides is 1. The van der Waals surface area contributed by atoms with Crippen LogP contribution in [0.15, 0.2) is 67.1 Å². The molecule has 0 aliphatic heterocycles. The zero-order chi connectivity index (χ0) is 22.7. The highest BCUT2D eigenvalue weighted by atomic mass is 19.1. The average molecular weight is 434 g/mol. The molecule has 2 aromatic carbocycles. The molecule has 0 radical (unpaired) electrons. The number of halogens is 2. The summed E-state index contributed by atoms with van der Waals surface area (Å²) in [6.45, 7) is 1.77. The summed E-state index contributed by atoms with van der Waals surface area (Å²) >= 11 is 0. The van der Waals surface area contributed by atoms with Crippen LogP contribution in [0.1, 0.15) is 21.5 Å². The molecule has 4 aromatic rings. The van der Waals surface area contributed by atoms with Gasteiger partial charge in [0, 0.05) is 54.8 Å². The second-order valence-electron chi connectivity index (χ2n) is 7.27. The van der Waals surface area contributed by atoms with Gasteiger partial charge in [-0.05, 0) is 42.8 Å². The van der Waals surface area contributed by atoms with Crippen LogP contribution in [0.25, 0.3) is 11.3 Å². The number of nitrogens with zero attached hydrogens (tertiary/aromatic N) is 3. The molecule has 0 fully saturated rings. The van der Waals surface area contributed by atoms with Gasteiger partial charge in [-0.2, -0.15) is 5.10 Å². The third-order valence-corrected chi connectivity index (χ3v) is 4.86. The molecule has 0 saturated heterocycles. The van der Waals surface area contributed by atoms with Crippen molar-refractivity contribution in [2.45, 2.75) is 13.5 Å². The Kier molecular flexibility index (Phi) is 5.93. The summed E-state index contributed by atoms with van der Waals surface area (Å²) in [5.41, 5.74) is 2.94. The van der Waals surface area contributed by atoms with Gasteiger partial charge < -0.3 is 10.1 Å². The highest BCUT2D eigenvalue weighted by Crippen LogP contribution is 2.29. The van der Waals surface area contributed by atoms with Gasteiger partial charge >= 0.3 is 0 Å². The highest BCUT2D eigenvalue weighted by Gasteiger charge is 2.14. The van der Waals surface area contributed by atoms with Crippen molar-refractivity contribution in [1.82, 2.24) is 20.1 Å². The first-order valence-electron chi connectivity index (χ1n) is 9.85. The predicted octanol–water partition coefficient (Wildman–Crippen LogP) is 4.79. The van der Waals surface area contributed by atoms with Crippen molar-refractivity contribution < 1.29 is 18.3 Å². The van der Waals surface area contributed by atoms with E-state index in [0.29, 0.717) is 33.9 Å². The molecule has 32 heavy (non-hydrogen) atoms. The molecule has 4 rings (SSSR count). The minimum Gasteiger partial charge on any atom is -0.457 e. The van der Waals surface area contributed by atoms with Crippen LogP contribution in [0, 0.1) is 18.6 Å². The quantitative estimate of drug-likeness (QED) is 0.474. The number of aryl methyl sites for hydroxylation is 1. The van der Waals surface area contributed by atoms with Gasteiger partial charge in [-0.3, -0.25) is 14.5 Å². The molecule has 0 atom stereocenters. The topological polar surface area (TPSA) is 69.0 Å². The number of carbonyl (C=O) groups is 1. The van der Waals surface area contributed by atoms with Crippen molar-refractivity contribution in [3.63, 3.8) is 0 Å². The van der Waals surface area contributed by atoms with Gasteiger partial charge in [0.05, 0.1) is 11.9 Å². The van der Waals surface area contributed by atoms with E-state index in [1.807, 2.05) is 13.2 Å². The molecule has 0 aliphatic carbocycles. The molecule has 0 bridgehead atoms. The summed E-state index contributed by atoms with van der Waals surface area (Å²) in [7, 11) is 1.83. The van der Waals surface area contributed by atoms with E-state index in [1.54, 1.807) is 54.3 Å². The lowest BCUT2D eigenvalue weighted by molar-refractivity contribution is 0.0950. The van der Waals surface area contributed by atoms with Gasteiger partial charge in [0.2, 0.25) is 0 Å². The summed E-state index contributed by atoms with van der Waals surface area (Å²) in [6.07, 6.45) is 5.21. The fourth-order valence-electron chi connectivity index (χ4n) is 3.27. The van der Waals surface area contributed by atoms with Crippen molar-refractivity contribution in [2.24, 2.45) is 7.05 Å². The summed E-state index contributed by atoms with van der Waals surface area (Å²) < 4.78 is 34.4. The van der Waals surface area contributed by atoms with Crippen molar-refractivity contribution >= 4 is 5.91 Å². The Bertz CT molecular complexity index is 1270. The number of pyridine rings is 1. The average Bonchev–Trinajstić information content (AvgIpc) is 3.19. The molecule has 2 heterocycles. The zero-order valence-corrected chi connectivity index (χ0v) is 17.5. The predicted molar refractivity (Wildman–Crippen MR) is 115 cm³/mol. The molecule has 0 unspecified atom stereocenters. The van der Waals surface area contributed by atoms with E-state index in [9.17, 15) is 13.6 Å². The molecule has 162 valence electrons. The first kappa shape index (κ1) is 21.2. The Hall–Kier alpha value is -4.07. The van der Waals surface area contributed by atoms with E-state index in [0.717, 1.165) is 11.6 Å². The number of hydrogen-bond donors (Lipinski definition) is 1. The second kappa shape index (κ2) is 8.97. The standard InChI is InChI=1S/C24H20F2N4O2/c1-15-21(24(31)28-12-16-8-18(25)10-19(26)9-16)4-3-5-23(15)32-20-6-7-27-22(11-20)17-13-29-30(2)14-17/h3-11,13-14H,12H2,1-2H3,(H,28,31). The van der Waals surface area contributed by atoms with Gasteiger partial charge in [-0.1, -0.05) is 6.07 Å². The zero-order valence-electron chi connectivity index (χ0n) is 17.5. The molecule has 0 saturated carbocycles. The first-order chi connectivity index (χ1) is 15.4. The van der Waals surface area contributed by atoms with E-state index in [1.165, 1.54) is 12.1 Å². The van der Waals surface area contributed by atoms with E-state index >= 15 is 0 Å². The van der Waals surface area contributed by atoms with Crippen LogP contribution in [0.2, 0.25) is 0 Å². The molecule has 2 aromatic heterocycles. The fourth-order valence-corrected chi connectivity index (χ4v) is 3.27. The van der Waals surface area contributed by atoms with Gasteiger partial charge in [-0.25, -0.2) is 8.78 Å². The lowest BCUT2D eigenvalue weighted by atomic mass is 10.1. The summed E-state index contributed by atoms with van der Waals surface area (Å²) in [4.78, 5) is 17.0. The number of ether oxygens (including phenoxy) is 1. The molecule has 8 heteroatoms. The number of nitrogens with one attached hydrogen (secondary N) is 1. The lowest BCUT2D eigenvalue weighted by Gasteiger charge is -2.13. The third-order valence-electron chi connectivity index (χ3n) is 4.86. The van der Waals surface area contributed by atoms with Gasteiger partial charge in [0.1, 0.15) is 23.1 Å². The van der Waals surface area contributed by atoms with Crippen LogP contribution in [0.3, 0.4) is 0 Å². The van der Waals surface area contributed by atoms with E-state index in [2.05, 4.69) is 15.4 Å². The number of benzene rings is 2. The van der Waals surface area contributed by atoms with Crippen molar-refractivity contribution in [1.29, 1.82) is 0 Å². The van der Waals surface area contributed by atoms with Crippen molar-refractivity contribution in [2.75, 3.05) is 0 Å². The molecule has 0 spiro atoms. The molecule has 1 N–H and O–H groups in total. The Balaban J connectivity index is 1.50. The maximum Gasteiger partial charge on any atom is 0.251 e. The summed E-state index contributed by atoms with van der Waals surface area (Å²) in [5, 5.41) is 6.84. The maximum atomic E-state index is 13.4. The van der Waals surface area contributed by atoms with Crippen LogP contribution in [0.5, 0.6) is 11.5 Å². The van der Waals surface area contributed by atoms with E-state index in [4.69, 9.17) is 4.74 Å². The normalized spacial score (nSPS) is 10.8. The summed E-state index contributed by atoms with van der Waals surface area (Å²) in [6, 6.07) is 11.8. The Morgan fingerprint density at radius 3 is 2.62 bits per heavy atom. The van der Waals surface area contributed by atoms with Gasteiger partial charge in [0.15, 0.2) is 0 Å². The molecular formula is C24H20F2N4O2. The van der Waals surface area contributed by atoms with Gasteiger partial charge in [0.25, 0.3) is 5.91 Å². The smallest absolute Gasteiger partial charge is 0.251 e. The van der Waals surface area contributed by atoms with Crippen LogP contribution in [-0.2, 0) is 13.6 Å².